The minimum Gasteiger partial charge on any atom is -0.486 e. The third-order valence-corrected chi connectivity index (χ3v) is 3.62. The lowest BCUT2D eigenvalue weighted by Crippen LogP contribution is -2.15. The first-order valence-corrected chi connectivity index (χ1v) is 7.11. The van der Waals surface area contributed by atoms with Crippen LogP contribution in [0.3, 0.4) is 0 Å². The summed E-state index contributed by atoms with van der Waals surface area (Å²) in [6.07, 6.45) is 3.57. The molecule has 0 radical (unpaired) electrons. The smallest absolute Gasteiger partial charge is 0.162 e. The molecule has 0 N–H and O–H groups in total. The van der Waals surface area contributed by atoms with Crippen molar-refractivity contribution in [3.05, 3.63) is 34.6 Å². The number of fused-ring (bicyclic) bond motifs is 1. The van der Waals surface area contributed by atoms with Gasteiger partial charge in [0.2, 0.25) is 0 Å². The summed E-state index contributed by atoms with van der Waals surface area (Å²) in [7, 11) is 0. The van der Waals surface area contributed by atoms with Crippen LogP contribution in [-0.2, 0) is 19.4 Å². The first-order valence-electron chi connectivity index (χ1n) is 6.73. The maximum atomic E-state index is 6.28. The van der Waals surface area contributed by atoms with Crippen LogP contribution in [0.2, 0.25) is 5.02 Å². The van der Waals surface area contributed by atoms with Crippen LogP contribution in [-0.4, -0.2) is 28.2 Å². The number of nitrogens with zero attached hydrogens (tertiary/aromatic N) is 3. The predicted octanol–water partition coefficient (Wildman–Crippen LogP) is 2.51. The Morgan fingerprint density at radius 3 is 2.65 bits per heavy atom. The van der Waals surface area contributed by atoms with E-state index in [4.69, 9.17) is 21.1 Å². The number of ether oxygens (including phenoxy) is 2. The second-order valence-electron chi connectivity index (χ2n) is 4.65. The van der Waals surface area contributed by atoms with Gasteiger partial charge in [-0.15, -0.1) is 5.10 Å². The van der Waals surface area contributed by atoms with Gasteiger partial charge in [0.15, 0.2) is 11.5 Å². The van der Waals surface area contributed by atoms with Crippen LogP contribution in [0.5, 0.6) is 11.5 Å². The molecule has 0 amide bonds. The van der Waals surface area contributed by atoms with Crippen LogP contribution in [0.15, 0.2) is 18.3 Å². The van der Waals surface area contributed by atoms with Gasteiger partial charge in [-0.05, 0) is 31.4 Å². The highest BCUT2D eigenvalue weighted by molar-refractivity contribution is 6.31. The molecule has 106 valence electrons. The average molecular weight is 294 g/mol. The van der Waals surface area contributed by atoms with Gasteiger partial charge >= 0.3 is 0 Å². The summed E-state index contributed by atoms with van der Waals surface area (Å²) in [6.45, 7) is 4.02. The second kappa shape index (κ2) is 5.71. The highest BCUT2D eigenvalue weighted by Crippen LogP contribution is 2.35. The summed E-state index contributed by atoms with van der Waals surface area (Å²) in [5, 5.41) is 8.87. The lowest BCUT2D eigenvalue weighted by atomic mass is 10.1. The van der Waals surface area contributed by atoms with Crippen LogP contribution in [0, 0.1) is 0 Å². The van der Waals surface area contributed by atoms with E-state index >= 15 is 0 Å². The van der Waals surface area contributed by atoms with Gasteiger partial charge in [-0.2, -0.15) is 0 Å². The van der Waals surface area contributed by atoms with E-state index in [9.17, 15) is 0 Å². The Hall–Kier alpha value is -1.75. The van der Waals surface area contributed by atoms with Gasteiger partial charge in [-0.25, -0.2) is 0 Å². The molecule has 2 heterocycles. The lowest BCUT2D eigenvalue weighted by Gasteiger charge is -2.19. The summed E-state index contributed by atoms with van der Waals surface area (Å²) in [5.41, 5.74) is 2.01. The molecular weight excluding hydrogens is 278 g/mol. The third-order valence-electron chi connectivity index (χ3n) is 3.27. The highest BCUT2D eigenvalue weighted by Gasteiger charge is 2.15. The summed E-state index contributed by atoms with van der Waals surface area (Å²) >= 11 is 6.28. The summed E-state index contributed by atoms with van der Waals surface area (Å²) in [6, 6.07) is 3.79. The fourth-order valence-corrected chi connectivity index (χ4v) is 2.42. The SMILES string of the molecule is CCn1cc(CCc2cc3c(cc2Cl)OCCO3)nn1. The average Bonchev–Trinajstić information content (AvgIpc) is 2.93. The number of hydrogen-bond donors (Lipinski definition) is 0. The predicted molar refractivity (Wildman–Crippen MR) is 75.5 cm³/mol. The molecule has 1 aromatic carbocycles. The molecule has 0 fully saturated rings. The first-order chi connectivity index (χ1) is 9.76. The van der Waals surface area contributed by atoms with Gasteiger partial charge in [-0.3, -0.25) is 4.68 Å². The molecule has 0 bridgehead atoms. The molecule has 0 spiro atoms. The van der Waals surface area contributed by atoms with Gasteiger partial charge in [0.25, 0.3) is 0 Å². The number of rotatable bonds is 4. The van der Waals surface area contributed by atoms with E-state index in [0.29, 0.717) is 18.2 Å². The van der Waals surface area contributed by atoms with Crippen molar-refractivity contribution in [3.63, 3.8) is 0 Å². The molecule has 0 saturated carbocycles. The second-order valence-corrected chi connectivity index (χ2v) is 5.06. The van der Waals surface area contributed by atoms with Crippen molar-refractivity contribution in [3.8, 4) is 11.5 Å². The Morgan fingerprint density at radius 1 is 1.20 bits per heavy atom. The van der Waals surface area contributed by atoms with Crippen LogP contribution in [0.1, 0.15) is 18.2 Å². The highest BCUT2D eigenvalue weighted by atomic mass is 35.5. The van der Waals surface area contributed by atoms with Crippen molar-refractivity contribution in [2.75, 3.05) is 13.2 Å². The Morgan fingerprint density at radius 2 is 1.95 bits per heavy atom. The van der Waals surface area contributed by atoms with Gasteiger partial charge in [-0.1, -0.05) is 16.8 Å². The standard InChI is InChI=1S/C14H16ClN3O2/c1-2-18-9-11(16-17-18)4-3-10-7-13-14(8-12(10)15)20-6-5-19-13/h7-9H,2-6H2,1H3. The fourth-order valence-electron chi connectivity index (χ4n) is 2.17. The molecule has 0 aliphatic carbocycles. The van der Waals surface area contributed by atoms with E-state index < -0.39 is 0 Å². The Labute approximate surface area is 122 Å². The molecule has 0 saturated heterocycles. The van der Waals surface area contributed by atoms with Crippen LogP contribution >= 0.6 is 11.6 Å². The molecule has 6 heteroatoms. The number of aromatic nitrogens is 3. The molecule has 2 aromatic rings. The Balaban J connectivity index is 1.73. The van der Waals surface area contributed by atoms with Gasteiger partial charge in [0, 0.05) is 23.8 Å². The zero-order valence-electron chi connectivity index (χ0n) is 11.3. The van der Waals surface area contributed by atoms with Crippen molar-refractivity contribution in [2.45, 2.75) is 26.3 Å². The van der Waals surface area contributed by atoms with Crippen molar-refractivity contribution in [2.24, 2.45) is 0 Å². The van der Waals surface area contributed by atoms with Crippen LogP contribution in [0.4, 0.5) is 0 Å². The largest absolute Gasteiger partial charge is 0.486 e. The van der Waals surface area contributed by atoms with Crippen molar-refractivity contribution in [1.82, 2.24) is 15.0 Å². The molecule has 0 atom stereocenters. The molecule has 1 aliphatic heterocycles. The molecule has 1 aliphatic rings. The van der Waals surface area contributed by atoms with E-state index in [-0.39, 0.29) is 0 Å². The monoisotopic (exact) mass is 293 g/mol. The van der Waals surface area contributed by atoms with E-state index in [1.54, 1.807) is 0 Å². The quantitative estimate of drug-likeness (QED) is 0.869. The van der Waals surface area contributed by atoms with Crippen molar-refractivity contribution in [1.29, 1.82) is 0 Å². The summed E-state index contributed by atoms with van der Waals surface area (Å²) in [5.74, 6) is 1.50. The topological polar surface area (TPSA) is 49.2 Å². The van der Waals surface area contributed by atoms with Gasteiger partial charge in [0.05, 0.1) is 5.69 Å². The molecular formula is C14H16ClN3O2. The number of hydrogen-bond acceptors (Lipinski definition) is 4. The van der Waals surface area contributed by atoms with Crippen LogP contribution < -0.4 is 9.47 Å². The maximum Gasteiger partial charge on any atom is 0.162 e. The van der Waals surface area contributed by atoms with E-state index in [2.05, 4.69) is 10.3 Å². The van der Waals surface area contributed by atoms with Gasteiger partial charge in [0.1, 0.15) is 13.2 Å². The summed E-state index contributed by atoms with van der Waals surface area (Å²) < 4.78 is 12.9. The molecule has 3 rings (SSSR count). The Bertz CT molecular complexity index is 612. The first kappa shape index (κ1) is 13.2. The number of halogens is 1. The van der Waals surface area contributed by atoms with Crippen LogP contribution in [0.25, 0.3) is 0 Å². The minimum absolute atomic E-state index is 0.572. The zero-order chi connectivity index (χ0) is 13.9. The molecule has 0 unspecified atom stereocenters. The Kier molecular flexibility index (Phi) is 3.78. The van der Waals surface area contributed by atoms with Crippen molar-refractivity contribution < 1.29 is 9.47 Å². The third kappa shape index (κ3) is 2.72. The minimum atomic E-state index is 0.572. The number of benzene rings is 1. The molecule has 20 heavy (non-hydrogen) atoms. The van der Waals surface area contributed by atoms with E-state index in [0.717, 1.165) is 42.1 Å². The lowest BCUT2D eigenvalue weighted by molar-refractivity contribution is 0.171. The number of aryl methyl sites for hydroxylation is 3. The van der Waals surface area contributed by atoms with Crippen molar-refractivity contribution >= 4 is 11.6 Å². The van der Waals surface area contributed by atoms with Gasteiger partial charge < -0.3 is 9.47 Å². The fraction of sp³-hybridized carbons (Fsp3) is 0.429. The molecule has 1 aromatic heterocycles. The van der Waals surface area contributed by atoms with E-state index in [1.165, 1.54) is 0 Å². The zero-order valence-corrected chi connectivity index (χ0v) is 12.1. The summed E-state index contributed by atoms with van der Waals surface area (Å²) in [4.78, 5) is 0. The molecule has 5 nitrogen and oxygen atoms in total. The normalized spacial score (nSPS) is 13.5. The maximum absolute atomic E-state index is 6.28. The van der Waals surface area contributed by atoms with E-state index in [1.807, 2.05) is 29.9 Å².